The first-order valence-electron chi connectivity index (χ1n) is 3.19. The maximum Gasteiger partial charge on any atom is 0.312 e. The average Bonchev–Trinajstić information content (AvgIpc) is 1.82. The zero-order chi connectivity index (χ0) is 9.35. The highest BCUT2D eigenvalue weighted by atomic mass is 32.2. The molecule has 1 aromatic rings. The summed E-state index contributed by atoms with van der Waals surface area (Å²) in [5, 5.41) is -0.354. The van der Waals surface area contributed by atoms with Crippen molar-refractivity contribution < 1.29 is 13.0 Å². The Morgan fingerprint density at radius 2 is 1.92 bits per heavy atom. The van der Waals surface area contributed by atoms with Gasteiger partial charge in [-0.1, -0.05) is 0 Å². The zero-order valence-corrected chi connectivity index (χ0v) is 7.46. The van der Waals surface area contributed by atoms with Gasteiger partial charge >= 0.3 is 10.1 Å². The predicted octanol–water partition coefficient (Wildman–Crippen LogP) is 0.340. The molecule has 0 aliphatic heterocycles. The Bertz CT molecular complexity index is 379. The minimum atomic E-state index is -4.20. The summed E-state index contributed by atoms with van der Waals surface area (Å²) < 4.78 is 29.8. The van der Waals surface area contributed by atoms with Gasteiger partial charge in [0, 0.05) is 5.69 Å². The molecule has 6 heteroatoms. The normalized spacial score (nSPS) is 11.6. The Labute approximate surface area is 70.2 Å². The van der Waals surface area contributed by atoms with Gasteiger partial charge in [-0.05, 0) is 19.9 Å². The van der Waals surface area contributed by atoms with E-state index in [0.717, 1.165) is 0 Å². The summed E-state index contributed by atoms with van der Waals surface area (Å²) in [5.74, 6) is 0.322. The first-order chi connectivity index (χ1) is 5.39. The van der Waals surface area contributed by atoms with Gasteiger partial charge in [0.25, 0.3) is 0 Å². The standard InChI is InChI=1S/C6H8N2O3S/c1-4-3-6(12(9,10)11)8-5(2)7-4/h3H,1-2H3,(H,9,10,11). The highest BCUT2D eigenvalue weighted by Gasteiger charge is 2.12. The van der Waals surface area contributed by atoms with Gasteiger partial charge in [0.2, 0.25) is 0 Å². The van der Waals surface area contributed by atoms with E-state index in [4.69, 9.17) is 4.55 Å². The van der Waals surface area contributed by atoms with E-state index >= 15 is 0 Å². The number of rotatable bonds is 1. The summed E-state index contributed by atoms with van der Waals surface area (Å²) in [4.78, 5) is 7.42. The summed E-state index contributed by atoms with van der Waals surface area (Å²) in [6.45, 7) is 3.19. The summed E-state index contributed by atoms with van der Waals surface area (Å²) in [6, 6.07) is 1.21. The predicted molar refractivity (Wildman–Crippen MR) is 41.3 cm³/mol. The molecule has 0 bridgehead atoms. The number of hydrogen-bond acceptors (Lipinski definition) is 4. The van der Waals surface area contributed by atoms with Crippen molar-refractivity contribution in [3.05, 3.63) is 17.6 Å². The SMILES string of the molecule is Cc1cc(S(=O)(=O)O)nc(C)n1. The van der Waals surface area contributed by atoms with Gasteiger partial charge in [-0.3, -0.25) is 4.55 Å². The third-order valence-corrected chi connectivity index (χ3v) is 1.94. The van der Waals surface area contributed by atoms with Gasteiger partial charge in [-0.25, -0.2) is 9.97 Å². The van der Waals surface area contributed by atoms with Crippen molar-refractivity contribution in [1.29, 1.82) is 0 Å². The largest absolute Gasteiger partial charge is 0.312 e. The first-order valence-corrected chi connectivity index (χ1v) is 4.63. The van der Waals surface area contributed by atoms with Crippen LogP contribution in [0.25, 0.3) is 0 Å². The van der Waals surface area contributed by atoms with Crippen LogP contribution in [0.15, 0.2) is 11.1 Å². The van der Waals surface area contributed by atoms with Crippen LogP contribution in [0.5, 0.6) is 0 Å². The van der Waals surface area contributed by atoms with Crippen molar-refractivity contribution in [2.45, 2.75) is 18.9 Å². The molecule has 0 atom stereocenters. The van der Waals surface area contributed by atoms with Gasteiger partial charge in [0.1, 0.15) is 5.82 Å². The van der Waals surface area contributed by atoms with Crippen LogP contribution in [-0.2, 0) is 10.1 Å². The maximum atomic E-state index is 10.6. The van der Waals surface area contributed by atoms with Crippen molar-refractivity contribution in [3.8, 4) is 0 Å². The minimum Gasteiger partial charge on any atom is -0.281 e. The molecule has 0 aliphatic rings. The van der Waals surface area contributed by atoms with E-state index in [0.29, 0.717) is 11.5 Å². The molecular weight excluding hydrogens is 180 g/mol. The van der Waals surface area contributed by atoms with Crippen LogP contribution in [0.4, 0.5) is 0 Å². The van der Waals surface area contributed by atoms with E-state index in [1.807, 2.05) is 0 Å². The molecule has 0 aromatic carbocycles. The first kappa shape index (κ1) is 9.08. The quantitative estimate of drug-likeness (QED) is 0.507. The van der Waals surface area contributed by atoms with E-state index in [1.165, 1.54) is 6.07 Å². The average molecular weight is 188 g/mol. The number of aryl methyl sites for hydroxylation is 2. The summed E-state index contributed by atoms with van der Waals surface area (Å²) >= 11 is 0. The fourth-order valence-corrected chi connectivity index (χ4v) is 1.38. The van der Waals surface area contributed by atoms with Gasteiger partial charge < -0.3 is 0 Å². The summed E-state index contributed by atoms with van der Waals surface area (Å²) in [7, 11) is -4.20. The smallest absolute Gasteiger partial charge is 0.281 e. The Balaban J connectivity index is 3.37. The summed E-state index contributed by atoms with van der Waals surface area (Å²) in [5.41, 5.74) is 0.509. The summed E-state index contributed by atoms with van der Waals surface area (Å²) in [6.07, 6.45) is 0. The molecule has 0 spiro atoms. The fraction of sp³-hybridized carbons (Fsp3) is 0.333. The minimum absolute atomic E-state index is 0.322. The van der Waals surface area contributed by atoms with Crippen LogP contribution in [0.2, 0.25) is 0 Å². The maximum absolute atomic E-state index is 10.6. The lowest BCUT2D eigenvalue weighted by Gasteiger charge is -1.98. The highest BCUT2D eigenvalue weighted by Crippen LogP contribution is 2.05. The van der Waals surface area contributed by atoms with Crippen molar-refractivity contribution >= 4 is 10.1 Å². The molecule has 1 heterocycles. The third kappa shape index (κ3) is 1.99. The van der Waals surface area contributed by atoms with Crippen molar-refractivity contribution in [3.63, 3.8) is 0 Å². The van der Waals surface area contributed by atoms with Gasteiger partial charge in [0.15, 0.2) is 5.03 Å². The molecule has 1 rings (SSSR count). The lowest BCUT2D eigenvalue weighted by atomic mass is 10.4. The van der Waals surface area contributed by atoms with Gasteiger partial charge in [0.05, 0.1) is 0 Å². The van der Waals surface area contributed by atoms with Crippen molar-refractivity contribution in [2.75, 3.05) is 0 Å². The zero-order valence-electron chi connectivity index (χ0n) is 6.64. The molecule has 0 saturated carbocycles. The number of hydrogen-bond donors (Lipinski definition) is 1. The second-order valence-corrected chi connectivity index (χ2v) is 3.74. The molecule has 0 saturated heterocycles. The Morgan fingerprint density at radius 3 is 2.33 bits per heavy atom. The van der Waals surface area contributed by atoms with E-state index in [-0.39, 0.29) is 5.03 Å². The second kappa shape index (κ2) is 2.80. The molecule has 66 valence electrons. The molecule has 0 radical (unpaired) electrons. The van der Waals surface area contributed by atoms with Gasteiger partial charge in [-0.2, -0.15) is 8.42 Å². The van der Waals surface area contributed by atoms with Crippen molar-refractivity contribution in [1.82, 2.24) is 9.97 Å². The highest BCUT2D eigenvalue weighted by molar-refractivity contribution is 7.85. The van der Waals surface area contributed by atoms with Crippen molar-refractivity contribution in [2.24, 2.45) is 0 Å². The molecule has 1 aromatic heterocycles. The topological polar surface area (TPSA) is 80.2 Å². The lowest BCUT2D eigenvalue weighted by molar-refractivity contribution is 0.478. The molecule has 0 amide bonds. The number of aromatic nitrogens is 2. The van der Waals surface area contributed by atoms with Crippen LogP contribution >= 0.6 is 0 Å². The van der Waals surface area contributed by atoms with Crippen LogP contribution in [-0.4, -0.2) is 22.9 Å². The molecule has 1 N–H and O–H groups in total. The van der Waals surface area contributed by atoms with E-state index in [2.05, 4.69) is 9.97 Å². The molecule has 0 aliphatic carbocycles. The van der Waals surface area contributed by atoms with Crippen LogP contribution in [0.1, 0.15) is 11.5 Å². The second-order valence-electron chi connectivity index (χ2n) is 2.37. The van der Waals surface area contributed by atoms with E-state index in [9.17, 15) is 8.42 Å². The van der Waals surface area contributed by atoms with E-state index in [1.54, 1.807) is 13.8 Å². The molecule has 5 nitrogen and oxygen atoms in total. The fourth-order valence-electron chi connectivity index (χ4n) is 0.815. The van der Waals surface area contributed by atoms with Crippen LogP contribution in [0, 0.1) is 13.8 Å². The number of nitrogens with zero attached hydrogens (tertiary/aromatic N) is 2. The molecular formula is C6H8N2O3S. The molecule has 12 heavy (non-hydrogen) atoms. The molecule has 0 unspecified atom stereocenters. The molecule has 0 fully saturated rings. The monoisotopic (exact) mass is 188 g/mol. The van der Waals surface area contributed by atoms with Crippen LogP contribution < -0.4 is 0 Å². The van der Waals surface area contributed by atoms with E-state index < -0.39 is 10.1 Å². The Kier molecular flexibility index (Phi) is 2.12. The van der Waals surface area contributed by atoms with Crippen LogP contribution in [0.3, 0.4) is 0 Å². The Morgan fingerprint density at radius 1 is 1.33 bits per heavy atom. The third-order valence-electron chi connectivity index (χ3n) is 1.21. The Hall–Kier alpha value is -1.01. The van der Waals surface area contributed by atoms with Gasteiger partial charge in [-0.15, -0.1) is 0 Å². The lowest BCUT2D eigenvalue weighted by Crippen LogP contribution is -2.04.